The lowest BCUT2D eigenvalue weighted by Gasteiger charge is -2.11. The van der Waals surface area contributed by atoms with E-state index in [1.54, 1.807) is 0 Å². The Labute approximate surface area is 125 Å². The van der Waals surface area contributed by atoms with Crippen molar-refractivity contribution in [2.24, 2.45) is 0 Å². The minimum atomic E-state index is 1.02. The maximum Gasteiger partial charge on any atom is -0.00757 e. The summed E-state index contributed by atoms with van der Waals surface area (Å²) in [5, 5.41) is 0. The van der Waals surface area contributed by atoms with E-state index in [-0.39, 0.29) is 0 Å². The van der Waals surface area contributed by atoms with Crippen LogP contribution in [0.1, 0.15) is 16.7 Å². The summed E-state index contributed by atoms with van der Waals surface area (Å²) < 4.78 is 0. The summed E-state index contributed by atoms with van der Waals surface area (Å²) >= 11 is 0. The molecule has 0 fully saturated rings. The van der Waals surface area contributed by atoms with Crippen LogP contribution >= 0.6 is 0 Å². The first kappa shape index (κ1) is 12.2. The third kappa shape index (κ3) is 2.09. The molecule has 4 rings (SSSR count). The predicted molar refractivity (Wildman–Crippen MR) is 89.1 cm³/mol. The van der Waals surface area contributed by atoms with Crippen molar-refractivity contribution >= 4 is 5.57 Å². The first-order valence-corrected chi connectivity index (χ1v) is 7.37. The van der Waals surface area contributed by atoms with Crippen molar-refractivity contribution in [1.82, 2.24) is 0 Å². The Hall–Kier alpha value is -2.60. The minimum Gasteiger partial charge on any atom is -0.0716 e. The molecule has 0 N–H and O–H groups in total. The second-order valence-electron chi connectivity index (χ2n) is 5.39. The quantitative estimate of drug-likeness (QED) is 0.588. The molecular formula is C21H16. The Balaban J connectivity index is 1.84. The molecule has 0 aliphatic heterocycles. The zero-order valence-corrected chi connectivity index (χ0v) is 11.8. The lowest BCUT2D eigenvalue weighted by Crippen LogP contribution is -1.90. The van der Waals surface area contributed by atoms with Gasteiger partial charge in [-0.25, -0.2) is 0 Å². The lowest BCUT2D eigenvalue weighted by molar-refractivity contribution is 1.31. The SMILES string of the molecule is C1=C(c2ccccc2)c2cccc(-c3ccccc3)c2C1. The summed E-state index contributed by atoms with van der Waals surface area (Å²) in [4.78, 5) is 0. The Bertz CT molecular complexity index is 796. The standard InChI is InChI=1S/C21H16/c1-3-8-16(9-4-1)18-12-7-13-20-19(14-15-21(18)20)17-10-5-2-6-11-17/h1-14H,15H2. The van der Waals surface area contributed by atoms with Gasteiger partial charge in [0.1, 0.15) is 0 Å². The molecule has 0 bridgehead atoms. The van der Waals surface area contributed by atoms with Crippen LogP contribution in [0.4, 0.5) is 0 Å². The normalized spacial score (nSPS) is 12.9. The minimum absolute atomic E-state index is 1.02. The van der Waals surface area contributed by atoms with Gasteiger partial charge in [-0.05, 0) is 39.8 Å². The van der Waals surface area contributed by atoms with Gasteiger partial charge in [0.25, 0.3) is 0 Å². The number of rotatable bonds is 2. The molecule has 1 aliphatic carbocycles. The topological polar surface area (TPSA) is 0 Å². The molecule has 0 unspecified atom stereocenters. The van der Waals surface area contributed by atoms with Crippen molar-refractivity contribution in [3.05, 3.63) is 102 Å². The molecule has 0 amide bonds. The van der Waals surface area contributed by atoms with Gasteiger partial charge in [0.15, 0.2) is 0 Å². The molecule has 100 valence electrons. The second-order valence-corrected chi connectivity index (χ2v) is 5.39. The molecule has 0 saturated carbocycles. The van der Waals surface area contributed by atoms with Gasteiger partial charge in [-0.15, -0.1) is 0 Å². The Kier molecular flexibility index (Phi) is 2.93. The van der Waals surface area contributed by atoms with E-state index >= 15 is 0 Å². The smallest absolute Gasteiger partial charge is 0.00757 e. The average molecular weight is 268 g/mol. The van der Waals surface area contributed by atoms with Gasteiger partial charge < -0.3 is 0 Å². The molecule has 0 heterocycles. The molecule has 3 aromatic rings. The highest BCUT2D eigenvalue weighted by atomic mass is 14.2. The summed E-state index contributed by atoms with van der Waals surface area (Å²) in [6.45, 7) is 0. The van der Waals surface area contributed by atoms with Crippen LogP contribution < -0.4 is 0 Å². The molecule has 0 nitrogen and oxygen atoms in total. The molecule has 0 aromatic heterocycles. The number of hydrogen-bond acceptors (Lipinski definition) is 0. The van der Waals surface area contributed by atoms with Crippen LogP contribution in [0.15, 0.2) is 84.9 Å². The van der Waals surface area contributed by atoms with Crippen LogP contribution in [0.25, 0.3) is 16.7 Å². The molecule has 0 radical (unpaired) electrons. The van der Waals surface area contributed by atoms with E-state index in [0.717, 1.165) is 6.42 Å². The van der Waals surface area contributed by atoms with Crippen LogP contribution in [0.2, 0.25) is 0 Å². The van der Waals surface area contributed by atoms with Crippen molar-refractivity contribution in [2.75, 3.05) is 0 Å². The third-order valence-corrected chi connectivity index (χ3v) is 4.15. The van der Waals surface area contributed by atoms with Gasteiger partial charge in [0.2, 0.25) is 0 Å². The molecule has 0 atom stereocenters. The van der Waals surface area contributed by atoms with Crippen LogP contribution in [-0.2, 0) is 6.42 Å². The van der Waals surface area contributed by atoms with Gasteiger partial charge in [0.05, 0.1) is 0 Å². The second kappa shape index (κ2) is 5.06. The molecule has 21 heavy (non-hydrogen) atoms. The summed E-state index contributed by atoms with van der Waals surface area (Å²) in [7, 11) is 0. The van der Waals surface area contributed by atoms with E-state index in [1.165, 1.54) is 33.4 Å². The van der Waals surface area contributed by atoms with E-state index < -0.39 is 0 Å². The predicted octanol–water partition coefficient (Wildman–Crippen LogP) is 5.34. The van der Waals surface area contributed by atoms with Crippen molar-refractivity contribution < 1.29 is 0 Å². The van der Waals surface area contributed by atoms with Gasteiger partial charge in [0, 0.05) is 0 Å². The highest BCUT2D eigenvalue weighted by Crippen LogP contribution is 2.37. The first-order valence-electron chi connectivity index (χ1n) is 7.37. The highest BCUT2D eigenvalue weighted by molar-refractivity contribution is 5.88. The maximum atomic E-state index is 2.35. The molecule has 0 saturated heterocycles. The maximum absolute atomic E-state index is 2.35. The zero-order valence-electron chi connectivity index (χ0n) is 11.8. The first-order chi connectivity index (χ1) is 10.4. The number of benzene rings is 3. The highest BCUT2D eigenvalue weighted by Gasteiger charge is 2.18. The Morgan fingerprint density at radius 1 is 0.524 bits per heavy atom. The van der Waals surface area contributed by atoms with Gasteiger partial charge >= 0.3 is 0 Å². The molecule has 0 heteroatoms. The summed E-state index contributed by atoms with van der Waals surface area (Å²) in [5.41, 5.74) is 8.15. The van der Waals surface area contributed by atoms with Crippen LogP contribution in [0, 0.1) is 0 Å². The zero-order chi connectivity index (χ0) is 14.1. The molecule has 0 spiro atoms. The van der Waals surface area contributed by atoms with E-state index in [2.05, 4.69) is 84.9 Å². The van der Waals surface area contributed by atoms with Crippen LogP contribution in [0.3, 0.4) is 0 Å². The van der Waals surface area contributed by atoms with E-state index in [4.69, 9.17) is 0 Å². The average Bonchev–Trinajstić information content (AvgIpc) is 3.00. The lowest BCUT2D eigenvalue weighted by atomic mass is 9.93. The molecule has 3 aromatic carbocycles. The van der Waals surface area contributed by atoms with Gasteiger partial charge in [-0.3, -0.25) is 0 Å². The summed E-state index contributed by atoms with van der Waals surface area (Å²) in [6.07, 6.45) is 3.37. The van der Waals surface area contributed by atoms with Crippen LogP contribution in [0.5, 0.6) is 0 Å². The Morgan fingerprint density at radius 2 is 1.14 bits per heavy atom. The van der Waals surface area contributed by atoms with E-state index in [1.807, 2.05) is 0 Å². The summed E-state index contributed by atoms with van der Waals surface area (Å²) in [6, 6.07) is 28.0. The third-order valence-electron chi connectivity index (χ3n) is 4.15. The van der Waals surface area contributed by atoms with E-state index in [9.17, 15) is 0 Å². The van der Waals surface area contributed by atoms with Gasteiger partial charge in [-0.2, -0.15) is 0 Å². The fourth-order valence-corrected chi connectivity index (χ4v) is 3.15. The number of hydrogen-bond donors (Lipinski definition) is 0. The molecular weight excluding hydrogens is 252 g/mol. The fourth-order valence-electron chi connectivity index (χ4n) is 3.15. The van der Waals surface area contributed by atoms with E-state index in [0.29, 0.717) is 0 Å². The van der Waals surface area contributed by atoms with Crippen LogP contribution in [-0.4, -0.2) is 0 Å². The van der Waals surface area contributed by atoms with Crippen molar-refractivity contribution in [3.8, 4) is 11.1 Å². The Morgan fingerprint density at radius 3 is 1.86 bits per heavy atom. The van der Waals surface area contributed by atoms with Crippen molar-refractivity contribution in [1.29, 1.82) is 0 Å². The van der Waals surface area contributed by atoms with Crippen molar-refractivity contribution in [2.45, 2.75) is 6.42 Å². The number of fused-ring (bicyclic) bond motifs is 1. The monoisotopic (exact) mass is 268 g/mol. The molecule has 1 aliphatic rings. The van der Waals surface area contributed by atoms with Crippen molar-refractivity contribution in [3.63, 3.8) is 0 Å². The largest absolute Gasteiger partial charge is 0.0716 e. The number of allylic oxidation sites excluding steroid dienone is 1. The fraction of sp³-hybridized carbons (Fsp3) is 0.0476. The summed E-state index contributed by atoms with van der Waals surface area (Å²) in [5.74, 6) is 0. The van der Waals surface area contributed by atoms with Gasteiger partial charge in [-0.1, -0.05) is 84.9 Å².